The van der Waals surface area contributed by atoms with E-state index in [1.54, 1.807) is 24.3 Å². The minimum absolute atomic E-state index is 0.0305. The molecule has 0 aliphatic heterocycles. The van der Waals surface area contributed by atoms with E-state index in [0.717, 1.165) is 16.3 Å². The molecule has 0 aromatic heterocycles. The number of carbonyl (C=O) groups excluding carboxylic acids is 1. The van der Waals surface area contributed by atoms with E-state index in [2.05, 4.69) is 54.6 Å². The summed E-state index contributed by atoms with van der Waals surface area (Å²) < 4.78 is 41.7. The van der Waals surface area contributed by atoms with Crippen LogP contribution in [0.5, 0.6) is 5.75 Å². The first-order valence-corrected chi connectivity index (χ1v) is 15.0. The van der Waals surface area contributed by atoms with Crippen molar-refractivity contribution in [1.29, 1.82) is 0 Å². The molecule has 2 bridgehead atoms. The van der Waals surface area contributed by atoms with E-state index in [-0.39, 0.29) is 33.8 Å². The van der Waals surface area contributed by atoms with Crippen LogP contribution in [0.15, 0.2) is 114 Å². The molecule has 3 unspecified atom stereocenters. The number of ether oxygens (including phenoxy) is 1. The molecule has 9 rings (SSSR count). The SMILES string of the molecule is O=C(Oc1ccc(S(=O)(=O)[O-])c2ccccc12)C1CC2c3ccc4ccccc4c3C1c1ccc3ccccc3c12. The molecule has 3 atom stereocenters. The molecule has 41 heavy (non-hydrogen) atoms. The summed E-state index contributed by atoms with van der Waals surface area (Å²) >= 11 is 0. The van der Waals surface area contributed by atoms with Gasteiger partial charge in [0, 0.05) is 22.6 Å². The van der Waals surface area contributed by atoms with Gasteiger partial charge in [0.25, 0.3) is 0 Å². The first-order valence-electron chi connectivity index (χ1n) is 13.6. The second kappa shape index (κ2) is 8.74. The number of carbonyl (C=O) groups is 1. The highest BCUT2D eigenvalue weighted by Gasteiger charge is 2.48. The van der Waals surface area contributed by atoms with Gasteiger partial charge in [0.1, 0.15) is 15.9 Å². The summed E-state index contributed by atoms with van der Waals surface area (Å²) in [7, 11) is -4.70. The van der Waals surface area contributed by atoms with Gasteiger partial charge in [-0.2, -0.15) is 0 Å². The Bertz CT molecular complexity index is 2180. The van der Waals surface area contributed by atoms with Crippen molar-refractivity contribution in [3.63, 3.8) is 0 Å². The van der Waals surface area contributed by atoms with Crippen molar-refractivity contribution in [2.24, 2.45) is 5.92 Å². The van der Waals surface area contributed by atoms with Gasteiger partial charge in [0.05, 0.1) is 10.8 Å². The molecule has 5 nitrogen and oxygen atoms in total. The van der Waals surface area contributed by atoms with Crippen LogP contribution in [-0.2, 0) is 14.9 Å². The van der Waals surface area contributed by atoms with Crippen molar-refractivity contribution in [3.8, 4) is 5.75 Å². The molecule has 0 N–H and O–H groups in total. The fraction of sp³-hybridized carbons (Fsp3) is 0.114. The molecule has 3 aliphatic rings. The van der Waals surface area contributed by atoms with Crippen LogP contribution in [0.25, 0.3) is 32.3 Å². The average Bonchev–Trinajstić information content (AvgIpc) is 3.00. The normalized spacial score (nSPS) is 19.3. The first-order chi connectivity index (χ1) is 19.9. The van der Waals surface area contributed by atoms with Gasteiger partial charge in [0.15, 0.2) is 0 Å². The van der Waals surface area contributed by atoms with Crippen LogP contribution in [0.3, 0.4) is 0 Å². The van der Waals surface area contributed by atoms with E-state index in [1.807, 2.05) is 18.2 Å². The molecule has 200 valence electrons. The molecule has 6 aromatic rings. The van der Waals surface area contributed by atoms with Crippen molar-refractivity contribution in [2.45, 2.75) is 23.2 Å². The van der Waals surface area contributed by atoms with Crippen LogP contribution in [-0.4, -0.2) is 18.9 Å². The van der Waals surface area contributed by atoms with E-state index in [1.165, 1.54) is 39.6 Å². The van der Waals surface area contributed by atoms with Crippen molar-refractivity contribution in [1.82, 2.24) is 0 Å². The van der Waals surface area contributed by atoms with Gasteiger partial charge in [0.2, 0.25) is 0 Å². The highest BCUT2D eigenvalue weighted by atomic mass is 32.2. The van der Waals surface area contributed by atoms with Crippen LogP contribution in [0, 0.1) is 5.92 Å². The Kier molecular flexibility index (Phi) is 5.18. The van der Waals surface area contributed by atoms with Crippen molar-refractivity contribution < 1.29 is 22.5 Å². The minimum atomic E-state index is -4.70. The maximum absolute atomic E-state index is 14.1. The van der Waals surface area contributed by atoms with Crippen LogP contribution in [0.4, 0.5) is 0 Å². The van der Waals surface area contributed by atoms with Gasteiger partial charge < -0.3 is 9.29 Å². The second-order valence-electron chi connectivity index (χ2n) is 10.9. The van der Waals surface area contributed by atoms with Gasteiger partial charge in [-0.25, -0.2) is 8.42 Å². The van der Waals surface area contributed by atoms with Gasteiger partial charge in [-0.1, -0.05) is 97.1 Å². The Labute approximate surface area is 236 Å². The third kappa shape index (κ3) is 3.57. The van der Waals surface area contributed by atoms with Gasteiger partial charge in [-0.05, 0) is 62.4 Å². The zero-order valence-corrected chi connectivity index (χ0v) is 22.6. The predicted molar refractivity (Wildman–Crippen MR) is 157 cm³/mol. The molecular formula is C35H23O5S-. The summed E-state index contributed by atoms with van der Waals surface area (Å²) in [4.78, 5) is 13.8. The summed E-state index contributed by atoms with van der Waals surface area (Å²) in [5, 5.41) is 5.33. The predicted octanol–water partition coefficient (Wildman–Crippen LogP) is 7.25. The Hall–Kier alpha value is -4.52. The maximum Gasteiger partial charge on any atom is 0.315 e. The van der Waals surface area contributed by atoms with Crippen LogP contribution in [0.2, 0.25) is 0 Å². The molecule has 0 heterocycles. The topological polar surface area (TPSA) is 83.5 Å². The fourth-order valence-electron chi connectivity index (χ4n) is 7.27. The number of fused-ring (bicyclic) bond motifs is 4. The third-order valence-electron chi connectivity index (χ3n) is 8.90. The number of benzene rings is 6. The zero-order valence-electron chi connectivity index (χ0n) is 21.8. The molecule has 0 saturated carbocycles. The van der Waals surface area contributed by atoms with Crippen molar-refractivity contribution in [3.05, 3.63) is 131 Å². The van der Waals surface area contributed by atoms with Crippen LogP contribution in [0.1, 0.15) is 40.5 Å². The monoisotopic (exact) mass is 555 g/mol. The lowest BCUT2D eigenvalue weighted by Gasteiger charge is -2.45. The fourth-order valence-corrected chi connectivity index (χ4v) is 7.95. The third-order valence-corrected chi connectivity index (χ3v) is 9.79. The van der Waals surface area contributed by atoms with Crippen LogP contribution < -0.4 is 4.74 Å². The van der Waals surface area contributed by atoms with Crippen molar-refractivity contribution >= 4 is 48.4 Å². The standard InChI is InChI=1S/C35H24O5S/c36-35(40-30-17-18-31(41(37,38)39)25-12-6-5-11-24(25)30)29-19-28-26-15-13-21-8-2-4-10-23(21)33(26)34(29)27-16-14-20-7-1-3-9-22(20)32(27)28/h1-18,28-29,34H,19H2,(H,37,38,39)/p-1. The smallest absolute Gasteiger partial charge is 0.315 e. The second-order valence-corrected chi connectivity index (χ2v) is 12.3. The lowest BCUT2D eigenvalue weighted by atomic mass is 9.57. The summed E-state index contributed by atoms with van der Waals surface area (Å²) in [6, 6.07) is 34.7. The highest BCUT2D eigenvalue weighted by Crippen LogP contribution is 2.58. The van der Waals surface area contributed by atoms with E-state index in [4.69, 9.17) is 4.74 Å². The van der Waals surface area contributed by atoms with Gasteiger partial charge in [-0.3, -0.25) is 4.79 Å². The van der Waals surface area contributed by atoms with E-state index >= 15 is 0 Å². The molecule has 0 fully saturated rings. The summed E-state index contributed by atoms with van der Waals surface area (Å²) in [6.45, 7) is 0. The summed E-state index contributed by atoms with van der Waals surface area (Å²) in [6.07, 6.45) is 0.612. The van der Waals surface area contributed by atoms with E-state index < -0.39 is 16.0 Å². The number of rotatable bonds is 3. The average molecular weight is 556 g/mol. The number of esters is 1. The number of hydrogen-bond acceptors (Lipinski definition) is 5. The molecule has 0 radical (unpaired) electrons. The molecule has 0 spiro atoms. The van der Waals surface area contributed by atoms with Gasteiger partial charge >= 0.3 is 5.97 Å². The van der Waals surface area contributed by atoms with Crippen LogP contribution >= 0.6 is 0 Å². The maximum atomic E-state index is 14.1. The van der Waals surface area contributed by atoms with Crippen molar-refractivity contribution in [2.75, 3.05) is 0 Å². The molecule has 0 saturated heterocycles. The Morgan fingerprint density at radius 3 is 1.93 bits per heavy atom. The van der Waals surface area contributed by atoms with E-state index in [0.29, 0.717) is 11.8 Å². The molecule has 0 amide bonds. The summed E-state index contributed by atoms with van der Waals surface area (Å²) in [5.41, 5.74) is 4.89. The molecule has 6 heteroatoms. The van der Waals surface area contributed by atoms with Gasteiger partial charge in [-0.15, -0.1) is 0 Å². The molecule has 3 aliphatic carbocycles. The summed E-state index contributed by atoms with van der Waals surface area (Å²) in [5.74, 6) is -0.714. The Morgan fingerprint density at radius 2 is 1.24 bits per heavy atom. The lowest BCUT2D eigenvalue weighted by Crippen LogP contribution is -2.38. The number of hydrogen-bond donors (Lipinski definition) is 0. The highest BCUT2D eigenvalue weighted by molar-refractivity contribution is 7.86. The molecule has 6 aromatic carbocycles. The minimum Gasteiger partial charge on any atom is -0.744 e. The van der Waals surface area contributed by atoms with E-state index in [9.17, 15) is 17.8 Å². The largest absolute Gasteiger partial charge is 0.744 e. The molecular weight excluding hydrogens is 532 g/mol. The lowest BCUT2D eigenvalue weighted by molar-refractivity contribution is -0.140. The zero-order chi connectivity index (χ0) is 27.9. The first kappa shape index (κ1) is 24.3. The Balaban J connectivity index is 1.29. The Morgan fingerprint density at radius 1 is 0.659 bits per heavy atom. The quantitative estimate of drug-likeness (QED) is 0.130.